The monoisotopic (exact) mass is 339 g/mol. The zero-order chi connectivity index (χ0) is 17.8. The Morgan fingerprint density at radius 3 is 2.56 bits per heavy atom. The number of unbranched alkanes of at least 4 members (excludes halogenated alkanes) is 1. The number of carbonyl (C=O) groups excluding carboxylic acids is 2. The Bertz CT molecular complexity index is 783. The van der Waals surface area contributed by atoms with E-state index in [1.807, 2.05) is 0 Å². The first-order valence-corrected chi connectivity index (χ1v) is 8.40. The topological polar surface area (TPSA) is 55.8 Å². The molecule has 0 bridgehead atoms. The number of rotatable bonds is 6. The second-order valence-electron chi connectivity index (χ2n) is 5.93. The van der Waals surface area contributed by atoms with E-state index in [-0.39, 0.29) is 18.3 Å². The number of nitrogens with zero attached hydrogens (tertiary/aromatic N) is 1. The van der Waals surface area contributed by atoms with Gasteiger partial charge in [0.05, 0.1) is 12.8 Å². The quantitative estimate of drug-likeness (QED) is 0.757. The number of amides is 1. The molecule has 1 heterocycles. The van der Waals surface area contributed by atoms with Crippen LogP contribution in [-0.2, 0) is 4.79 Å². The summed E-state index contributed by atoms with van der Waals surface area (Å²) < 4.78 is 10.7. The molecule has 130 valence electrons. The van der Waals surface area contributed by atoms with Crippen LogP contribution in [0, 0.1) is 0 Å². The third-order valence-electron chi connectivity index (χ3n) is 4.25. The largest absolute Gasteiger partial charge is 0.497 e. The van der Waals surface area contributed by atoms with Gasteiger partial charge in [-0.05, 0) is 48.9 Å². The van der Waals surface area contributed by atoms with E-state index >= 15 is 0 Å². The minimum atomic E-state index is -0.0916. The minimum Gasteiger partial charge on any atom is -0.497 e. The average molecular weight is 339 g/mol. The van der Waals surface area contributed by atoms with Crippen molar-refractivity contribution in [1.29, 1.82) is 0 Å². The van der Waals surface area contributed by atoms with Crippen LogP contribution in [0.1, 0.15) is 35.7 Å². The van der Waals surface area contributed by atoms with E-state index in [0.717, 1.165) is 18.5 Å². The van der Waals surface area contributed by atoms with Crippen LogP contribution in [-0.4, -0.2) is 32.0 Å². The SMILES string of the molecule is CCCCN1C(=O)COc2cc(C(=O)c3ccc(OC)cc3)ccc21. The van der Waals surface area contributed by atoms with Gasteiger partial charge in [-0.25, -0.2) is 0 Å². The Hall–Kier alpha value is -2.82. The lowest BCUT2D eigenvalue weighted by Crippen LogP contribution is -2.39. The maximum atomic E-state index is 12.7. The number of carbonyl (C=O) groups is 2. The average Bonchev–Trinajstić information content (AvgIpc) is 2.66. The molecule has 5 heteroatoms. The van der Waals surface area contributed by atoms with Gasteiger partial charge in [-0.3, -0.25) is 9.59 Å². The third-order valence-corrected chi connectivity index (χ3v) is 4.25. The predicted octanol–water partition coefficient (Wildman–Crippen LogP) is 3.45. The molecule has 0 atom stereocenters. The summed E-state index contributed by atoms with van der Waals surface area (Å²) in [5, 5.41) is 0. The van der Waals surface area contributed by atoms with Gasteiger partial charge in [0, 0.05) is 17.7 Å². The van der Waals surface area contributed by atoms with Crippen LogP contribution >= 0.6 is 0 Å². The van der Waals surface area contributed by atoms with Gasteiger partial charge >= 0.3 is 0 Å². The second-order valence-corrected chi connectivity index (χ2v) is 5.93. The first-order valence-electron chi connectivity index (χ1n) is 8.40. The molecule has 1 aliphatic rings. The molecule has 3 rings (SSSR count). The summed E-state index contributed by atoms with van der Waals surface area (Å²) in [5.74, 6) is 1.15. The van der Waals surface area contributed by atoms with Crippen LogP contribution in [0.4, 0.5) is 5.69 Å². The fraction of sp³-hybridized carbons (Fsp3) is 0.300. The molecule has 0 fully saturated rings. The maximum Gasteiger partial charge on any atom is 0.265 e. The highest BCUT2D eigenvalue weighted by Crippen LogP contribution is 2.33. The number of hydrogen-bond donors (Lipinski definition) is 0. The van der Waals surface area contributed by atoms with Crippen LogP contribution in [0.25, 0.3) is 0 Å². The number of methoxy groups -OCH3 is 1. The Balaban J connectivity index is 1.87. The summed E-state index contributed by atoms with van der Waals surface area (Å²) in [7, 11) is 1.59. The molecule has 2 aromatic rings. The first kappa shape index (κ1) is 17.0. The molecule has 1 aliphatic heterocycles. The highest BCUT2D eigenvalue weighted by Gasteiger charge is 2.26. The highest BCUT2D eigenvalue weighted by atomic mass is 16.5. The summed E-state index contributed by atoms with van der Waals surface area (Å²) in [4.78, 5) is 26.5. The molecule has 0 saturated heterocycles. The standard InChI is InChI=1S/C20H21NO4/c1-3-4-11-21-17-10-7-15(12-18(17)25-13-19(21)22)20(23)14-5-8-16(24-2)9-6-14/h5-10,12H,3-4,11,13H2,1-2H3. The van der Waals surface area contributed by atoms with E-state index in [0.29, 0.717) is 29.2 Å². The minimum absolute atomic E-state index is 0.0108. The van der Waals surface area contributed by atoms with Crippen molar-refractivity contribution in [2.75, 3.05) is 25.2 Å². The smallest absolute Gasteiger partial charge is 0.265 e. The van der Waals surface area contributed by atoms with Crippen molar-refractivity contribution in [3.63, 3.8) is 0 Å². The molecule has 25 heavy (non-hydrogen) atoms. The van der Waals surface area contributed by atoms with E-state index in [9.17, 15) is 9.59 Å². The van der Waals surface area contributed by atoms with Crippen molar-refractivity contribution in [1.82, 2.24) is 0 Å². The zero-order valence-electron chi connectivity index (χ0n) is 14.5. The van der Waals surface area contributed by atoms with Gasteiger partial charge in [-0.1, -0.05) is 13.3 Å². The molecular formula is C20H21NO4. The molecule has 0 N–H and O–H groups in total. The summed E-state index contributed by atoms with van der Waals surface area (Å²) in [6, 6.07) is 12.2. The maximum absolute atomic E-state index is 12.7. The van der Waals surface area contributed by atoms with Crippen molar-refractivity contribution in [3.8, 4) is 11.5 Å². The molecule has 0 spiro atoms. The lowest BCUT2D eigenvalue weighted by atomic mass is 10.0. The number of ketones is 1. The van der Waals surface area contributed by atoms with Crippen molar-refractivity contribution in [2.45, 2.75) is 19.8 Å². The molecule has 0 aromatic heterocycles. The third kappa shape index (κ3) is 3.50. The fourth-order valence-corrected chi connectivity index (χ4v) is 2.82. The van der Waals surface area contributed by atoms with Crippen molar-refractivity contribution >= 4 is 17.4 Å². The Morgan fingerprint density at radius 1 is 1.16 bits per heavy atom. The van der Waals surface area contributed by atoms with Gasteiger partial charge in [-0.15, -0.1) is 0 Å². The molecule has 1 amide bonds. The summed E-state index contributed by atoms with van der Waals surface area (Å²) in [6.07, 6.45) is 1.94. The zero-order valence-corrected chi connectivity index (χ0v) is 14.5. The van der Waals surface area contributed by atoms with Crippen molar-refractivity contribution in [3.05, 3.63) is 53.6 Å². The fourth-order valence-electron chi connectivity index (χ4n) is 2.82. The molecular weight excluding hydrogens is 318 g/mol. The Labute approximate surface area is 147 Å². The number of fused-ring (bicyclic) bond motifs is 1. The van der Waals surface area contributed by atoms with Crippen LogP contribution in [0.5, 0.6) is 11.5 Å². The second kappa shape index (κ2) is 7.38. The van der Waals surface area contributed by atoms with Crippen molar-refractivity contribution < 1.29 is 19.1 Å². The van der Waals surface area contributed by atoms with Gasteiger partial charge in [0.2, 0.25) is 0 Å². The summed E-state index contributed by atoms with van der Waals surface area (Å²) in [5.41, 5.74) is 1.85. The Kier molecular flexibility index (Phi) is 5.03. The molecule has 0 unspecified atom stereocenters. The first-order chi connectivity index (χ1) is 12.1. The van der Waals surface area contributed by atoms with E-state index in [4.69, 9.17) is 9.47 Å². The lowest BCUT2D eigenvalue weighted by Gasteiger charge is -2.29. The van der Waals surface area contributed by atoms with Gasteiger partial charge < -0.3 is 14.4 Å². The van der Waals surface area contributed by atoms with Crippen LogP contribution < -0.4 is 14.4 Å². The van der Waals surface area contributed by atoms with Crippen molar-refractivity contribution in [2.24, 2.45) is 0 Å². The molecule has 0 saturated carbocycles. The van der Waals surface area contributed by atoms with E-state index in [2.05, 4.69) is 6.92 Å². The normalized spacial score (nSPS) is 13.2. The number of ether oxygens (including phenoxy) is 2. The number of anilines is 1. The lowest BCUT2D eigenvalue weighted by molar-refractivity contribution is -0.121. The summed E-state index contributed by atoms with van der Waals surface area (Å²) in [6.45, 7) is 2.76. The van der Waals surface area contributed by atoms with Gasteiger partial charge in [-0.2, -0.15) is 0 Å². The highest BCUT2D eigenvalue weighted by molar-refractivity contribution is 6.10. The number of benzene rings is 2. The van der Waals surface area contributed by atoms with Gasteiger partial charge in [0.15, 0.2) is 12.4 Å². The molecule has 0 aliphatic carbocycles. The molecule has 5 nitrogen and oxygen atoms in total. The van der Waals surface area contributed by atoms with E-state index in [1.54, 1.807) is 54.5 Å². The Morgan fingerprint density at radius 2 is 1.88 bits per heavy atom. The van der Waals surface area contributed by atoms with Crippen LogP contribution in [0.2, 0.25) is 0 Å². The van der Waals surface area contributed by atoms with Crippen LogP contribution in [0.15, 0.2) is 42.5 Å². The summed E-state index contributed by atoms with van der Waals surface area (Å²) >= 11 is 0. The number of hydrogen-bond acceptors (Lipinski definition) is 4. The van der Waals surface area contributed by atoms with E-state index < -0.39 is 0 Å². The van der Waals surface area contributed by atoms with E-state index in [1.165, 1.54) is 0 Å². The predicted molar refractivity (Wildman–Crippen MR) is 95.6 cm³/mol. The van der Waals surface area contributed by atoms with Crippen LogP contribution in [0.3, 0.4) is 0 Å². The molecule has 2 aromatic carbocycles. The van der Waals surface area contributed by atoms with Gasteiger partial charge in [0.1, 0.15) is 11.5 Å². The van der Waals surface area contributed by atoms with Gasteiger partial charge in [0.25, 0.3) is 5.91 Å². The molecule has 0 radical (unpaired) electrons.